The predicted octanol–water partition coefficient (Wildman–Crippen LogP) is 16.1. The van der Waals surface area contributed by atoms with Crippen LogP contribution in [0.5, 0.6) is 0 Å². The summed E-state index contributed by atoms with van der Waals surface area (Å²) in [6, 6.07) is -0.827. The minimum absolute atomic E-state index is 0.157. The van der Waals surface area contributed by atoms with E-state index < -0.39 is 18.2 Å². The molecule has 0 rings (SSSR count). The van der Waals surface area contributed by atoms with Gasteiger partial charge in [0.1, 0.15) is 6.10 Å². The van der Waals surface area contributed by atoms with E-state index in [4.69, 9.17) is 0 Å². The van der Waals surface area contributed by atoms with Gasteiger partial charge in [0.05, 0.1) is 18.8 Å². The Kier molecular flexibility index (Phi) is 48.5. The molecule has 5 heteroatoms. The van der Waals surface area contributed by atoms with Crippen LogP contribution < -0.4 is 5.32 Å². The molecule has 0 aromatic carbocycles. The minimum Gasteiger partial charge on any atom is -0.394 e. The van der Waals surface area contributed by atoms with Gasteiger partial charge in [0.25, 0.3) is 0 Å². The van der Waals surface area contributed by atoms with Crippen LogP contribution in [0.25, 0.3) is 0 Å². The van der Waals surface area contributed by atoms with Crippen LogP contribution in [-0.2, 0) is 4.79 Å². The molecule has 3 atom stereocenters. The number of rotatable bonds is 49. The molecule has 0 spiro atoms. The van der Waals surface area contributed by atoms with Crippen molar-refractivity contribution in [3.05, 3.63) is 24.3 Å². The number of carbonyl (C=O) groups excluding carboxylic acids is 1. The third kappa shape index (κ3) is 44.7. The highest BCUT2D eigenvalue weighted by Crippen LogP contribution is 2.18. The first kappa shape index (κ1) is 57.8. The molecule has 0 aliphatic rings. The number of aliphatic hydroxyl groups is 3. The van der Waals surface area contributed by atoms with Crippen molar-refractivity contribution >= 4 is 5.91 Å². The monoisotopic (exact) mass is 832 g/mol. The summed E-state index contributed by atoms with van der Waals surface area (Å²) in [6.07, 6.45) is 62.5. The Morgan fingerprint density at radius 3 is 1.07 bits per heavy atom. The normalized spacial score (nSPS) is 13.5. The molecule has 350 valence electrons. The van der Waals surface area contributed by atoms with E-state index >= 15 is 0 Å². The summed E-state index contributed by atoms with van der Waals surface area (Å²) in [7, 11) is 0. The molecule has 0 aliphatic carbocycles. The highest BCUT2D eigenvalue weighted by molar-refractivity contribution is 5.76. The molecule has 0 fully saturated rings. The third-order valence-electron chi connectivity index (χ3n) is 12.6. The van der Waals surface area contributed by atoms with Crippen molar-refractivity contribution in [1.82, 2.24) is 5.32 Å². The number of carbonyl (C=O) groups is 1. The molecule has 0 saturated heterocycles. The Bertz CT molecular complexity index is 874. The Labute approximate surface area is 369 Å². The fourth-order valence-corrected chi connectivity index (χ4v) is 8.54. The molecule has 3 unspecified atom stereocenters. The largest absolute Gasteiger partial charge is 0.394 e. The summed E-state index contributed by atoms with van der Waals surface area (Å²) < 4.78 is 0. The van der Waals surface area contributed by atoms with Gasteiger partial charge < -0.3 is 20.6 Å². The summed E-state index contributed by atoms with van der Waals surface area (Å²) in [4.78, 5) is 12.4. The topological polar surface area (TPSA) is 89.8 Å². The van der Waals surface area contributed by atoms with Crippen LogP contribution in [0.3, 0.4) is 0 Å². The summed E-state index contributed by atoms with van der Waals surface area (Å²) in [5.74, 6) is -0.157. The maximum Gasteiger partial charge on any atom is 0.220 e. The van der Waals surface area contributed by atoms with Crippen molar-refractivity contribution in [2.24, 2.45) is 0 Å². The Morgan fingerprint density at radius 2 is 0.746 bits per heavy atom. The van der Waals surface area contributed by atoms with Crippen molar-refractivity contribution in [3.63, 3.8) is 0 Å². The van der Waals surface area contributed by atoms with E-state index in [0.717, 1.165) is 44.9 Å². The zero-order chi connectivity index (χ0) is 43.0. The zero-order valence-corrected chi connectivity index (χ0v) is 39.9. The van der Waals surface area contributed by atoms with Crippen LogP contribution in [-0.4, -0.2) is 46.1 Å². The van der Waals surface area contributed by atoms with Crippen LogP contribution in [0, 0.1) is 0 Å². The van der Waals surface area contributed by atoms with Gasteiger partial charge in [0.2, 0.25) is 5.91 Å². The Balaban J connectivity index is 3.36. The van der Waals surface area contributed by atoms with Crippen LogP contribution in [0.4, 0.5) is 0 Å². The van der Waals surface area contributed by atoms with E-state index in [0.29, 0.717) is 12.8 Å². The molecule has 0 radical (unpaired) electrons. The molecular formula is C54H105NO4. The van der Waals surface area contributed by atoms with Gasteiger partial charge in [0.15, 0.2) is 0 Å². The average Bonchev–Trinajstić information content (AvgIpc) is 3.24. The summed E-state index contributed by atoms with van der Waals surface area (Å²) >= 11 is 0. The molecule has 0 saturated carbocycles. The van der Waals surface area contributed by atoms with Crippen LogP contribution in [0.2, 0.25) is 0 Å². The maximum absolute atomic E-state index is 12.4. The second-order valence-corrected chi connectivity index (χ2v) is 18.4. The number of amides is 1. The van der Waals surface area contributed by atoms with Gasteiger partial charge in [-0.05, 0) is 45.4 Å². The number of hydrogen-bond donors (Lipinski definition) is 4. The highest BCUT2D eigenvalue weighted by atomic mass is 16.3. The second kappa shape index (κ2) is 49.5. The fraction of sp³-hybridized carbons (Fsp3) is 0.907. The first-order valence-electron chi connectivity index (χ1n) is 26.6. The van der Waals surface area contributed by atoms with E-state index in [1.165, 1.54) is 218 Å². The Hall–Kier alpha value is -1.17. The maximum atomic E-state index is 12.4. The number of unbranched alkanes of at least 4 members (excludes halogenated alkanes) is 38. The molecule has 1 amide bonds. The fourth-order valence-electron chi connectivity index (χ4n) is 8.54. The van der Waals surface area contributed by atoms with Gasteiger partial charge in [-0.25, -0.2) is 0 Å². The summed E-state index contributed by atoms with van der Waals surface area (Å²) in [5.41, 5.74) is 0. The second-order valence-electron chi connectivity index (χ2n) is 18.4. The number of hydrogen-bond acceptors (Lipinski definition) is 4. The van der Waals surface area contributed by atoms with Crippen molar-refractivity contribution in [1.29, 1.82) is 0 Å². The van der Waals surface area contributed by atoms with Crippen LogP contribution in [0.1, 0.15) is 290 Å². The lowest BCUT2D eigenvalue weighted by Crippen LogP contribution is -2.50. The van der Waals surface area contributed by atoms with Gasteiger partial charge in [-0.1, -0.05) is 262 Å². The zero-order valence-electron chi connectivity index (χ0n) is 39.9. The number of aliphatic hydroxyl groups excluding tert-OH is 3. The van der Waals surface area contributed by atoms with Crippen molar-refractivity contribution in [3.8, 4) is 0 Å². The van der Waals surface area contributed by atoms with E-state index in [1.807, 2.05) is 6.92 Å². The predicted molar refractivity (Wildman–Crippen MR) is 259 cm³/mol. The van der Waals surface area contributed by atoms with Gasteiger partial charge >= 0.3 is 0 Å². The third-order valence-corrected chi connectivity index (χ3v) is 12.6. The van der Waals surface area contributed by atoms with Gasteiger partial charge in [-0.3, -0.25) is 4.79 Å². The average molecular weight is 832 g/mol. The van der Waals surface area contributed by atoms with Crippen molar-refractivity contribution in [2.75, 3.05) is 6.61 Å². The first-order valence-corrected chi connectivity index (χ1v) is 26.6. The smallest absolute Gasteiger partial charge is 0.220 e. The molecule has 0 aromatic heterocycles. The molecular weight excluding hydrogens is 727 g/mol. The number of nitrogens with one attached hydrogen (secondary N) is 1. The minimum atomic E-state index is -1.16. The number of allylic oxidation sites excluding steroid dienone is 4. The quantitative estimate of drug-likeness (QED) is 0.0363. The van der Waals surface area contributed by atoms with Crippen molar-refractivity contribution < 1.29 is 20.1 Å². The lowest BCUT2D eigenvalue weighted by Gasteiger charge is -2.26. The molecule has 0 aromatic rings. The van der Waals surface area contributed by atoms with Crippen LogP contribution in [0.15, 0.2) is 24.3 Å². The van der Waals surface area contributed by atoms with E-state index in [-0.39, 0.29) is 12.5 Å². The molecule has 0 bridgehead atoms. The standard InChI is InChI=1S/C54H105NO4/c1-3-5-7-9-11-13-14-15-16-17-18-19-20-21-22-23-24-25-26-27-28-29-30-31-32-33-34-35-36-37-38-39-40-41-43-45-47-49-53(58)55-51(50-56)54(59)52(57)48-46-44-42-12-10-8-6-4-2/h4,6,12,42,51-52,54,56-57,59H,3,5,7-11,13-41,43-50H2,1-2H3,(H,55,58)/b6-4+,42-12+. The molecule has 5 nitrogen and oxygen atoms in total. The lowest BCUT2D eigenvalue weighted by atomic mass is 10.0. The molecule has 0 heterocycles. The van der Waals surface area contributed by atoms with Crippen molar-refractivity contribution in [2.45, 2.75) is 308 Å². The van der Waals surface area contributed by atoms with E-state index in [2.05, 4.69) is 36.5 Å². The molecule has 59 heavy (non-hydrogen) atoms. The van der Waals surface area contributed by atoms with Gasteiger partial charge in [0, 0.05) is 6.42 Å². The Morgan fingerprint density at radius 1 is 0.441 bits per heavy atom. The first-order chi connectivity index (χ1) is 29.1. The van der Waals surface area contributed by atoms with Crippen LogP contribution >= 0.6 is 0 Å². The lowest BCUT2D eigenvalue weighted by molar-refractivity contribution is -0.124. The van der Waals surface area contributed by atoms with Gasteiger partial charge in [-0.15, -0.1) is 0 Å². The SMILES string of the molecule is C/C=C/CC/C=C/CCCC(O)C(O)C(CO)NC(=O)CCCCCCCCCCCCCCCCCCCCCCCCCCCCCCCCCCCCCCC. The molecule has 0 aliphatic heterocycles. The van der Waals surface area contributed by atoms with E-state index in [1.54, 1.807) is 0 Å². The molecule has 4 N–H and O–H groups in total. The summed E-state index contributed by atoms with van der Waals surface area (Å²) in [5, 5.41) is 33.3. The van der Waals surface area contributed by atoms with Gasteiger partial charge in [-0.2, -0.15) is 0 Å². The van der Waals surface area contributed by atoms with E-state index in [9.17, 15) is 20.1 Å². The summed E-state index contributed by atoms with van der Waals surface area (Å²) in [6.45, 7) is 3.94. The highest BCUT2D eigenvalue weighted by Gasteiger charge is 2.26.